The van der Waals surface area contributed by atoms with Gasteiger partial charge >= 0.3 is 0 Å². The number of hydrogen-bond donors (Lipinski definition) is 0. The summed E-state index contributed by atoms with van der Waals surface area (Å²) in [5.74, 6) is 0. The Morgan fingerprint density at radius 1 is 0.960 bits per heavy atom. The van der Waals surface area contributed by atoms with E-state index in [-0.39, 0.29) is 0 Å². The fraction of sp³-hybridized carbons (Fsp3) is 0.280. The molecule has 0 saturated carbocycles. The van der Waals surface area contributed by atoms with Crippen LogP contribution in [0.15, 0.2) is 54.1 Å². The summed E-state index contributed by atoms with van der Waals surface area (Å²) in [5.41, 5.74) is 12.3. The first-order chi connectivity index (χ1) is 12.4. The van der Waals surface area contributed by atoms with Crippen LogP contribution in [0.4, 0.5) is 0 Å². The lowest BCUT2D eigenvalue weighted by atomic mass is 9.89. The molecule has 0 nitrogen and oxygen atoms in total. The Bertz CT molecular complexity index is 921. The molecule has 5 rings (SSSR count). The van der Waals surface area contributed by atoms with Gasteiger partial charge in [0.15, 0.2) is 0 Å². The molecule has 0 N–H and O–H groups in total. The van der Waals surface area contributed by atoms with E-state index >= 15 is 0 Å². The summed E-state index contributed by atoms with van der Waals surface area (Å²) >= 11 is 0. The second-order valence-corrected chi connectivity index (χ2v) is 7.59. The molecule has 0 saturated heterocycles. The van der Waals surface area contributed by atoms with Crippen molar-refractivity contribution in [1.29, 1.82) is 0 Å². The highest BCUT2D eigenvalue weighted by Gasteiger charge is 2.25. The summed E-state index contributed by atoms with van der Waals surface area (Å²) in [7, 11) is 0. The lowest BCUT2D eigenvalue weighted by molar-refractivity contribution is 0.711. The Balaban J connectivity index is 1.40. The van der Waals surface area contributed by atoms with Gasteiger partial charge in [0.2, 0.25) is 0 Å². The highest BCUT2D eigenvalue weighted by molar-refractivity contribution is 5.79. The van der Waals surface area contributed by atoms with Crippen molar-refractivity contribution in [2.75, 3.05) is 0 Å². The van der Waals surface area contributed by atoms with Crippen molar-refractivity contribution in [3.05, 3.63) is 87.5 Å². The molecule has 0 heterocycles. The summed E-state index contributed by atoms with van der Waals surface area (Å²) in [6, 6.07) is 13.8. The predicted molar refractivity (Wildman–Crippen MR) is 107 cm³/mol. The maximum Gasteiger partial charge on any atom is -0.00549 e. The van der Waals surface area contributed by atoms with E-state index in [1.165, 1.54) is 54.4 Å². The molecule has 0 fully saturated rings. The molecule has 0 amide bonds. The van der Waals surface area contributed by atoms with Crippen LogP contribution in [-0.2, 0) is 19.3 Å². The van der Waals surface area contributed by atoms with Crippen molar-refractivity contribution in [3.8, 4) is 0 Å². The fourth-order valence-electron chi connectivity index (χ4n) is 4.75. The normalized spacial score (nSPS) is 17.9. The molecule has 124 valence electrons. The lowest BCUT2D eigenvalue weighted by Gasteiger charge is -2.16. The van der Waals surface area contributed by atoms with E-state index < -0.39 is 0 Å². The van der Waals surface area contributed by atoms with Crippen molar-refractivity contribution >= 4 is 17.7 Å². The average molecular weight is 324 g/mol. The molecule has 0 heteroatoms. The molecule has 3 aliphatic carbocycles. The molecule has 0 unspecified atom stereocenters. The quantitative estimate of drug-likeness (QED) is 0.613. The maximum atomic E-state index is 2.34. The van der Waals surface area contributed by atoms with Crippen LogP contribution in [0, 0.1) is 0 Å². The Labute approximate surface area is 150 Å². The second kappa shape index (κ2) is 6.19. The van der Waals surface area contributed by atoms with Crippen molar-refractivity contribution in [1.82, 2.24) is 0 Å². The van der Waals surface area contributed by atoms with E-state index in [1.54, 1.807) is 22.3 Å². The molecule has 2 aromatic carbocycles. The molecule has 0 bridgehead atoms. The molecular formula is C25H24. The molecule has 2 aromatic rings. The summed E-state index contributed by atoms with van der Waals surface area (Å²) in [6.07, 6.45) is 17.8. The summed E-state index contributed by atoms with van der Waals surface area (Å²) < 4.78 is 0. The van der Waals surface area contributed by atoms with Crippen molar-refractivity contribution < 1.29 is 0 Å². The number of fused-ring (bicyclic) bond motifs is 3. The predicted octanol–water partition coefficient (Wildman–Crippen LogP) is 6.40. The van der Waals surface area contributed by atoms with Crippen LogP contribution in [0.5, 0.6) is 0 Å². The van der Waals surface area contributed by atoms with Gasteiger partial charge in [-0.15, -0.1) is 0 Å². The minimum absolute atomic E-state index is 1.03. The van der Waals surface area contributed by atoms with Gasteiger partial charge < -0.3 is 0 Å². The van der Waals surface area contributed by atoms with Gasteiger partial charge in [0.05, 0.1) is 0 Å². The van der Waals surface area contributed by atoms with Crippen LogP contribution >= 0.6 is 0 Å². The zero-order valence-corrected chi connectivity index (χ0v) is 14.7. The van der Waals surface area contributed by atoms with E-state index in [9.17, 15) is 0 Å². The Kier molecular flexibility index (Phi) is 3.70. The summed E-state index contributed by atoms with van der Waals surface area (Å²) in [5, 5.41) is 0. The number of hydrogen-bond acceptors (Lipinski definition) is 0. The van der Waals surface area contributed by atoms with E-state index in [2.05, 4.69) is 60.7 Å². The largest absolute Gasteiger partial charge is 0.0795 e. The van der Waals surface area contributed by atoms with Gasteiger partial charge in [-0.3, -0.25) is 0 Å². The van der Waals surface area contributed by atoms with Gasteiger partial charge in [-0.25, -0.2) is 0 Å². The standard InChI is InChI=1S/C25H24/c1-2-13-24-22(7-1)17-23-12-5-10-20(25(23)24)9-3-6-18-14-15-19-8-4-11-21(19)16-18/h3-6,10-12,14-16H,1-2,7-9,13,17H2/b6-3+. The average Bonchev–Trinajstić information content (AvgIpc) is 3.25. The number of benzene rings is 2. The lowest BCUT2D eigenvalue weighted by Crippen LogP contribution is -1.96. The first-order valence-corrected chi connectivity index (χ1v) is 9.66. The highest BCUT2D eigenvalue weighted by atomic mass is 14.3. The van der Waals surface area contributed by atoms with Crippen LogP contribution in [0.2, 0.25) is 0 Å². The van der Waals surface area contributed by atoms with Gasteiger partial charge in [0.1, 0.15) is 0 Å². The third kappa shape index (κ3) is 2.70. The van der Waals surface area contributed by atoms with E-state index in [4.69, 9.17) is 0 Å². The van der Waals surface area contributed by atoms with Crippen molar-refractivity contribution in [2.24, 2.45) is 0 Å². The number of allylic oxidation sites excluding steroid dienone is 4. The first kappa shape index (κ1) is 15.0. The number of rotatable bonds is 3. The maximum absolute atomic E-state index is 2.34. The molecule has 3 aliphatic rings. The Hall–Kier alpha value is -2.34. The zero-order chi connectivity index (χ0) is 16.6. The van der Waals surface area contributed by atoms with Gasteiger partial charge in [0.25, 0.3) is 0 Å². The minimum atomic E-state index is 1.03. The van der Waals surface area contributed by atoms with Crippen LogP contribution < -0.4 is 0 Å². The second-order valence-electron chi connectivity index (χ2n) is 7.59. The van der Waals surface area contributed by atoms with E-state index in [0.29, 0.717) is 0 Å². The molecule has 0 atom stereocenters. The van der Waals surface area contributed by atoms with Gasteiger partial charge in [0, 0.05) is 0 Å². The molecule has 0 radical (unpaired) electrons. The van der Waals surface area contributed by atoms with Crippen LogP contribution in [0.1, 0.15) is 59.1 Å². The van der Waals surface area contributed by atoms with Gasteiger partial charge in [-0.05, 0) is 90.0 Å². The van der Waals surface area contributed by atoms with E-state index in [1.807, 2.05) is 0 Å². The zero-order valence-electron chi connectivity index (χ0n) is 14.7. The van der Waals surface area contributed by atoms with Gasteiger partial charge in [-0.2, -0.15) is 0 Å². The topological polar surface area (TPSA) is 0 Å². The Morgan fingerprint density at radius 3 is 2.92 bits per heavy atom. The van der Waals surface area contributed by atoms with Crippen LogP contribution in [0.3, 0.4) is 0 Å². The summed E-state index contributed by atoms with van der Waals surface area (Å²) in [4.78, 5) is 0. The molecule has 0 aliphatic heterocycles. The third-order valence-corrected chi connectivity index (χ3v) is 5.98. The van der Waals surface area contributed by atoms with Crippen molar-refractivity contribution in [3.63, 3.8) is 0 Å². The minimum Gasteiger partial charge on any atom is -0.0795 e. The Morgan fingerprint density at radius 2 is 1.92 bits per heavy atom. The monoisotopic (exact) mass is 324 g/mol. The molecule has 25 heavy (non-hydrogen) atoms. The van der Waals surface area contributed by atoms with E-state index in [0.717, 1.165) is 12.8 Å². The molecule has 0 spiro atoms. The SMILES string of the molecule is C1=Cc2cc(/C=C/Cc3cccc4c3C3=C(CCCC3)C4)ccc2C1. The smallest absolute Gasteiger partial charge is 0.00549 e. The first-order valence-electron chi connectivity index (χ1n) is 9.66. The van der Waals surface area contributed by atoms with Crippen LogP contribution in [-0.4, -0.2) is 0 Å². The summed E-state index contributed by atoms with van der Waals surface area (Å²) in [6.45, 7) is 0. The third-order valence-electron chi connectivity index (χ3n) is 5.98. The van der Waals surface area contributed by atoms with Crippen molar-refractivity contribution in [2.45, 2.75) is 44.9 Å². The fourth-order valence-corrected chi connectivity index (χ4v) is 4.75. The van der Waals surface area contributed by atoms with Crippen LogP contribution in [0.25, 0.3) is 17.7 Å². The molecule has 0 aromatic heterocycles. The van der Waals surface area contributed by atoms with Gasteiger partial charge in [-0.1, -0.05) is 60.2 Å². The highest BCUT2D eigenvalue weighted by Crippen LogP contribution is 2.43. The molecular weight excluding hydrogens is 300 g/mol.